The van der Waals surface area contributed by atoms with Gasteiger partial charge in [0, 0.05) is 12.2 Å². The van der Waals surface area contributed by atoms with Crippen LogP contribution in [0.3, 0.4) is 0 Å². The van der Waals surface area contributed by atoms with Gasteiger partial charge >= 0.3 is 0 Å². The van der Waals surface area contributed by atoms with Crippen LogP contribution in [0.2, 0.25) is 0 Å². The van der Waals surface area contributed by atoms with Crippen LogP contribution in [0, 0.1) is 25.2 Å². The second kappa shape index (κ2) is 6.55. The van der Waals surface area contributed by atoms with Crippen LogP contribution in [0.4, 0.5) is 0 Å². The predicted molar refractivity (Wildman–Crippen MR) is 89.4 cm³/mol. The average molecular weight is 328 g/mol. The van der Waals surface area contributed by atoms with Gasteiger partial charge in [-0.25, -0.2) is 0 Å². The van der Waals surface area contributed by atoms with Crippen molar-refractivity contribution in [1.29, 1.82) is 5.26 Å². The average Bonchev–Trinajstić information content (AvgIpc) is 3.13. The second-order valence-corrected chi connectivity index (χ2v) is 6.95. The lowest BCUT2D eigenvalue weighted by atomic mass is 10.0. The maximum Gasteiger partial charge on any atom is 0.265 e. The summed E-state index contributed by atoms with van der Waals surface area (Å²) >= 11 is 1.36. The van der Waals surface area contributed by atoms with E-state index < -0.39 is 0 Å². The molecule has 6 heteroatoms. The highest BCUT2D eigenvalue weighted by Gasteiger charge is 2.30. The van der Waals surface area contributed by atoms with E-state index in [1.165, 1.54) is 11.3 Å². The fraction of sp³-hybridized carbons (Fsp3) is 0.471. The maximum atomic E-state index is 12.9. The zero-order valence-corrected chi connectivity index (χ0v) is 14.3. The zero-order valence-electron chi connectivity index (χ0n) is 13.5. The number of nitriles is 1. The van der Waals surface area contributed by atoms with E-state index in [0.717, 1.165) is 43.7 Å². The van der Waals surface area contributed by atoms with Gasteiger partial charge in [-0.3, -0.25) is 9.48 Å². The van der Waals surface area contributed by atoms with Gasteiger partial charge in [0.15, 0.2) is 0 Å². The minimum Gasteiger partial charge on any atom is -0.333 e. The van der Waals surface area contributed by atoms with Crippen molar-refractivity contribution in [3.8, 4) is 6.07 Å². The van der Waals surface area contributed by atoms with Crippen LogP contribution in [0.5, 0.6) is 0 Å². The van der Waals surface area contributed by atoms with E-state index >= 15 is 0 Å². The second-order valence-electron chi connectivity index (χ2n) is 6.03. The molecule has 0 saturated carbocycles. The molecule has 3 rings (SSSR count). The minimum atomic E-state index is -0.0113. The summed E-state index contributed by atoms with van der Waals surface area (Å²) in [5.41, 5.74) is 2.60. The molecule has 0 radical (unpaired) electrons. The number of carbonyl (C=O) groups is 1. The van der Waals surface area contributed by atoms with E-state index in [2.05, 4.69) is 17.2 Å². The summed E-state index contributed by atoms with van der Waals surface area (Å²) in [5, 5.41) is 15.5. The molecule has 1 unspecified atom stereocenters. The Morgan fingerprint density at radius 3 is 3.00 bits per heavy atom. The maximum absolute atomic E-state index is 12.9. The largest absolute Gasteiger partial charge is 0.333 e. The lowest BCUT2D eigenvalue weighted by Crippen LogP contribution is -2.46. The number of piperidine rings is 1. The van der Waals surface area contributed by atoms with E-state index in [4.69, 9.17) is 5.26 Å². The lowest BCUT2D eigenvalue weighted by Gasteiger charge is -2.35. The molecule has 1 atom stereocenters. The van der Waals surface area contributed by atoms with Crippen molar-refractivity contribution >= 4 is 17.2 Å². The highest BCUT2D eigenvalue weighted by Crippen LogP contribution is 2.25. The zero-order chi connectivity index (χ0) is 16.4. The summed E-state index contributed by atoms with van der Waals surface area (Å²) in [7, 11) is 0. The van der Waals surface area contributed by atoms with E-state index in [9.17, 15) is 4.79 Å². The third-order valence-corrected chi connectivity index (χ3v) is 5.26. The van der Waals surface area contributed by atoms with Crippen LogP contribution < -0.4 is 0 Å². The van der Waals surface area contributed by atoms with Gasteiger partial charge in [0.1, 0.15) is 10.9 Å². The van der Waals surface area contributed by atoms with Crippen molar-refractivity contribution in [1.82, 2.24) is 14.7 Å². The minimum absolute atomic E-state index is 0.0113. The summed E-state index contributed by atoms with van der Waals surface area (Å²) in [6.07, 6.45) is 3.13. The first-order valence-electron chi connectivity index (χ1n) is 7.89. The van der Waals surface area contributed by atoms with Gasteiger partial charge in [-0.05, 0) is 50.6 Å². The van der Waals surface area contributed by atoms with Gasteiger partial charge in [-0.1, -0.05) is 0 Å². The summed E-state index contributed by atoms with van der Waals surface area (Å²) in [5.74, 6) is -0.0113. The van der Waals surface area contributed by atoms with E-state index in [1.807, 2.05) is 28.8 Å². The first kappa shape index (κ1) is 15.8. The fourth-order valence-corrected chi connectivity index (χ4v) is 4.01. The Balaban J connectivity index is 1.83. The summed E-state index contributed by atoms with van der Waals surface area (Å²) < 4.78 is 1.99. The smallest absolute Gasteiger partial charge is 0.265 e. The number of hydrogen-bond acceptors (Lipinski definition) is 4. The molecule has 120 valence electrons. The van der Waals surface area contributed by atoms with Crippen molar-refractivity contribution in [3.63, 3.8) is 0 Å². The Hall–Kier alpha value is -2.13. The third-order valence-electron chi connectivity index (χ3n) is 4.35. The molecule has 5 nitrogen and oxygen atoms in total. The van der Waals surface area contributed by atoms with Gasteiger partial charge in [0.25, 0.3) is 5.91 Å². The molecule has 23 heavy (non-hydrogen) atoms. The number of hydrogen-bond donors (Lipinski definition) is 0. The quantitative estimate of drug-likeness (QED) is 0.869. The Morgan fingerprint density at radius 1 is 1.48 bits per heavy atom. The Bertz CT molecular complexity index is 755. The lowest BCUT2D eigenvalue weighted by molar-refractivity contribution is 0.0587. The topological polar surface area (TPSA) is 61.9 Å². The van der Waals surface area contributed by atoms with E-state index in [1.54, 1.807) is 6.07 Å². The molecule has 2 aromatic rings. The molecule has 0 aliphatic carbocycles. The molecule has 1 aliphatic heterocycles. The molecule has 1 amide bonds. The molecule has 1 saturated heterocycles. The number of thiophene rings is 1. The summed E-state index contributed by atoms with van der Waals surface area (Å²) in [6, 6.07) is 6.04. The predicted octanol–water partition coefficient (Wildman–Crippen LogP) is 3.13. The molecule has 1 aliphatic rings. The SMILES string of the molecule is Cc1cc(C)n(CC2CCCCN2C(=O)c2sccc2C#N)n1. The normalized spacial score (nSPS) is 18.0. The van der Waals surface area contributed by atoms with Crippen LogP contribution in [0.25, 0.3) is 0 Å². The van der Waals surface area contributed by atoms with Crippen molar-refractivity contribution in [2.24, 2.45) is 0 Å². The number of likely N-dealkylation sites (tertiary alicyclic amines) is 1. The van der Waals surface area contributed by atoms with Crippen LogP contribution >= 0.6 is 11.3 Å². The van der Waals surface area contributed by atoms with Gasteiger partial charge in [0.05, 0.1) is 23.8 Å². The first-order valence-corrected chi connectivity index (χ1v) is 8.77. The van der Waals surface area contributed by atoms with E-state index in [-0.39, 0.29) is 11.9 Å². The molecule has 0 bridgehead atoms. The molecule has 0 spiro atoms. The number of carbonyl (C=O) groups excluding carboxylic acids is 1. The number of aryl methyl sites for hydroxylation is 2. The van der Waals surface area contributed by atoms with Crippen LogP contribution in [-0.4, -0.2) is 33.2 Å². The molecule has 0 aromatic carbocycles. The van der Waals surface area contributed by atoms with Gasteiger partial charge in [-0.15, -0.1) is 11.3 Å². The summed E-state index contributed by atoms with van der Waals surface area (Å²) in [4.78, 5) is 15.4. The van der Waals surface area contributed by atoms with Gasteiger partial charge in [-0.2, -0.15) is 10.4 Å². The number of amides is 1. The third kappa shape index (κ3) is 3.15. The highest BCUT2D eigenvalue weighted by molar-refractivity contribution is 7.12. The van der Waals surface area contributed by atoms with Crippen molar-refractivity contribution in [3.05, 3.63) is 39.3 Å². The Labute approximate surface area is 140 Å². The molecule has 3 heterocycles. The fourth-order valence-electron chi connectivity index (χ4n) is 3.21. The van der Waals surface area contributed by atoms with E-state index in [0.29, 0.717) is 10.4 Å². The summed E-state index contributed by atoms with van der Waals surface area (Å²) in [6.45, 7) is 5.50. The van der Waals surface area contributed by atoms with Crippen molar-refractivity contribution in [2.45, 2.75) is 45.7 Å². The standard InChI is InChI=1S/C17H20N4OS/c1-12-9-13(2)21(19-12)11-15-5-3-4-7-20(15)17(22)16-14(10-18)6-8-23-16/h6,8-9,15H,3-5,7,11H2,1-2H3. The first-order chi connectivity index (χ1) is 11.1. The molecule has 2 aromatic heterocycles. The molecule has 1 fully saturated rings. The van der Waals surface area contributed by atoms with Crippen molar-refractivity contribution in [2.75, 3.05) is 6.54 Å². The number of nitrogens with zero attached hydrogens (tertiary/aromatic N) is 4. The molecule has 0 N–H and O–H groups in total. The van der Waals surface area contributed by atoms with Crippen LogP contribution in [0.1, 0.15) is 45.9 Å². The van der Waals surface area contributed by atoms with Crippen LogP contribution in [0.15, 0.2) is 17.5 Å². The van der Waals surface area contributed by atoms with Gasteiger partial charge < -0.3 is 4.90 Å². The van der Waals surface area contributed by atoms with Crippen LogP contribution in [-0.2, 0) is 6.54 Å². The number of aromatic nitrogens is 2. The Kier molecular flexibility index (Phi) is 4.49. The van der Waals surface area contributed by atoms with Gasteiger partial charge in [0.2, 0.25) is 0 Å². The number of rotatable bonds is 3. The molecular weight excluding hydrogens is 308 g/mol. The monoisotopic (exact) mass is 328 g/mol. The van der Waals surface area contributed by atoms with Crippen molar-refractivity contribution < 1.29 is 4.79 Å². The Morgan fingerprint density at radius 2 is 2.30 bits per heavy atom. The molecular formula is C17H20N4OS. The highest BCUT2D eigenvalue weighted by atomic mass is 32.1.